The zero-order valence-electron chi connectivity index (χ0n) is 24.8. The molecule has 2 aromatic carbocycles. The Morgan fingerprint density at radius 3 is 2.10 bits per heavy atom. The van der Waals surface area contributed by atoms with Crippen LogP contribution in [0.3, 0.4) is 0 Å². The van der Waals surface area contributed by atoms with Gasteiger partial charge in [-0.05, 0) is 62.6 Å². The Morgan fingerprint density at radius 2 is 1.56 bits per heavy atom. The average molecular weight is 538 g/mol. The molecule has 2 atom stereocenters. The maximum Gasteiger partial charge on any atom is 0.408 e. The van der Waals surface area contributed by atoms with Crippen molar-refractivity contribution in [3.63, 3.8) is 0 Å². The summed E-state index contributed by atoms with van der Waals surface area (Å²) in [5.41, 5.74) is 2.17. The Morgan fingerprint density at radius 1 is 0.923 bits per heavy atom. The van der Waals surface area contributed by atoms with Crippen LogP contribution in [0.25, 0.3) is 0 Å². The predicted molar refractivity (Wildman–Crippen MR) is 156 cm³/mol. The summed E-state index contributed by atoms with van der Waals surface area (Å²) in [5.74, 6) is -0.410. The molecular weight excluding hydrogens is 490 g/mol. The number of hydrogen-bond acceptors (Lipinski definition) is 4. The SMILES string of the molecule is CCCCN(C(=O)C(CC(C)C)NC(=O)OC(C)(C)C)C(C(=O)NCc1ccccc1)c1ccc(CC)cc1. The van der Waals surface area contributed by atoms with Crippen molar-refractivity contribution in [3.05, 3.63) is 71.3 Å². The zero-order chi connectivity index (χ0) is 29.0. The number of unbranched alkanes of at least 4 members (excludes halogenated alkanes) is 1. The van der Waals surface area contributed by atoms with Crippen molar-refractivity contribution >= 4 is 17.9 Å². The minimum Gasteiger partial charge on any atom is -0.444 e. The number of hydrogen-bond donors (Lipinski definition) is 2. The minimum absolute atomic E-state index is 0.135. The number of ether oxygens (including phenoxy) is 1. The molecule has 0 saturated heterocycles. The summed E-state index contributed by atoms with van der Waals surface area (Å²) >= 11 is 0. The molecule has 3 amide bonds. The highest BCUT2D eigenvalue weighted by atomic mass is 16.6. The third-order valence-electron chi connectivity index (χ3n) is 6.31. The molecule has 0 aliphatic carbocycles. The highest BCUT2D eigenvalue weighted by molar-refractivity contribution is 5.92. The Balaban J connectivity index is 2.46. The molecule has 0 radical (unpaired) electrons. The fraction of sp³-hybridized carbons (Fsp3) is 0.531. The third kappa shape index (κ3) is 10.7. The molecular formula is C32H47N3O4. The molecule has 0 spiro atoms. The van der Waals surface area contributed by atoms with E-state index in [1.54, 1.807) is 25.7 Å². The van der Waals surface area contributed by atoms with E-state index in [0.717, 1.165) is 36.0 Å². The Hall–Kier alpha value is -3.35. The van der Waals surface area contributed by atoms with Gasteiger partial charge in [0.2, 0.25) is 11.8 Å². The summed E-state index contributed by atoms with van der Waals surface area (Å²) in [6.45, 7) is 14.2. The Kier molecular flexibility index (Phi) is 12.5. The van der Waals surface area contributed by atoms with E-state index in [0.29, 0.717) is 19.5 Å². The number of alkyl carbamates (subject to hydrolysis) is 1. The monoisotopic (exact) mass is 537 g/mol. The van der Waals surface area contributed by atoms with Crippen LogP contribution in [0.1, 0.15) is 90.5 Å². The van der Waals surface area contributed by atoms with Crippen LogP contribution < -0.4 is 10.6 Å². The van der Waals surface area contributed by atoms with Gasteiger partial charge >= 0.3 is 6.09 Å². The van der Waals surface area contributed by atoms with Crippen LogP contribution in [-0.4, -0.2) is 41.0 Å². The fourth-order valence-corrected chi connectivity index (χ4v) is 4.33. The molecule has 39 heavy (non-hydrogen) atoms. The largest absolute Gasteiger partial charge is 0.444 e. The molecule has 0 aliphatic rings. The van der Waals surface area contributed by atoms with Gasteiger partial charge in [-0.25, -0.2) is 4.79 Å². The number of nitrogens with zero attached hydrogens (tertiary/aromatic N) is 1. The van der Waals surface area contributed by atoms with Crippen LogP contribution in [0.15, 0.2) is 54.6 Å². The first-order valence-corrected chi connectivity index (χ1v) is 14.2. The first kappa shape index (κ1) is 31.9. The zero-order valence-corrected chi connectivity index (χ0v) is 24.8. The first-order chi connectivity index (χ1) is 18.4. The molecule has 0 saturated carbocycles. The van der Waals surface area contributed by atoms with E-state index in [2.05, 4.69) is 17.6 Å². The van der Waals surface area contributed by atoms with Crippen molar-refractivity contribution in [1.82, 2.24) is 15.5 Å². The fourth-order valence-electron chi connectivity index (χ4n) is 4.33. The molecule has 2 rings (SSSR count). The Labute approximate surface area is 234 Å². The molecule has 0 bridgehead atoms. The molecule has 2 aromatic rings. The predicted octanol–water partition coefficient (Wildman–Crippen LogP) is 6.17. The average Bonchev–Trinajstić information content (AvgIpc) is 2.88. The normalized spacial score (nSPS) is 12.9. The first-order valence-electron chi connectivity index (χ1n) is 14.2. The molecule has 2 N–H and O–H groups in total. The van der Waals surface area contributed by atoms with Crippen molar-refractivity contribution in [2.24, 2.45) is 5.92 Å². The van der Waals surface area contributed by atoms with Crippen LogP contribution in [0.4, 0.5) is 4.79 Å². The van der Waals surface area contributed by atoms with E-state index in [9.17, 15) is 14.4 Å². The van der Waals surface area contributed by atoms with Crippen LogP contribution in [-0.2, 0) is 27.3 Å². The summed E-state index contributed by atoms with van der Waals surface area (Å²) in [4.78, 5) is 42.3. The maximum absolute atomic E-state index is 14.2. The summed E-state index contributed by atoms with van der Waals surface area (Å²) in [7, 11) is 0. The molecule has 0 fully saturated rings. The van der Waals surface area contributed by atoms with Gasteiger partial charge in [0.25, 0.3) is 0 Å². The van der Waals surface area contributed by atoms with Gasteiger partial charge in [0.05, 0.1) is 0 Å². The lowest BCUT2D eigenvalue weighted by atomic mass is 9.98. The van der Waals surface area contributed by atoms with Gasteiger partial charge in [-0.1, -0.05) is 88.7 Å². The van der Waals surface area contributed by atoms with E-state index >= 15 is 0 Å². The van der Waals surface area contributed by atoms with Crippen LogP contribution in [0.2, 0.25) is 0 Å². The van der Waals surface area contributed by atoms with Gasteiger partial charge in [-0.15, -0.1) is 0 Å². The second-order valence-electron chi connectivity index (χ2n) is 11.4. The standard InChI is InChI=1S/C32H47N3O4/c1-8-10-20-35(30(37)27(21-23(3)4)34-31(38)39-32(5,6)7)28(26-18-16-24(9-2)17-19-26)29(36)33-22-25-14-12-11-13-15-25/h11-19,23,27-28H,8-10,20-22H2,1-7H3,(H,33,36)(H,34,38). The van der Waals surface area contributed by atoms with Crippen LogP contribution in [0, 0.1) is 5.92 Å². The van der Waals surface area contributed by atoms with Crippen molar-refractivity contribution in [2.75, 3.05) is 6.54 Å². The van der Waals surface area contributed by atoms with Gasteiger partial charge in [0, 0.05) is 13.1 Å². The number of benzene rings is 2. The smallest absolute Gasteiger partial charge is 0.408 e. The molecule has 7 heteroatoms. The molecule has 0 aromatic heterocycles. The van der Waals surface area contributed by atoms with E-state index in [1.807, 2.05) is 75.4 Å². The van der Waals surface area contributed by atoms with Crippen LogP contribution in [0.5, 0.6) is 0 Å². The molecule has 7 nitrogen and oxygen atoms in total. The third-order valence-corrected chi connectivity index (χ3v) is 6.31. The number of carbonyl (C=O) groups excluding carboxylic acids is 3. The number of carbonyl (C=O) groups is 3. The Bertz CT molecular complexity index is 1050. The summed E-state index contributed by atoms with van der Waals surface area (Å²) < 4.78 is 5.47. The summed E-state index contributed by atoms with van der Waals surface area (Å²) in [5, 5.41) is 5.84. The van der Waals surface area contributed by atoms with Gasteiger partial charge in [-0.3, -0.25) is 9.59 Å². The van der Waals surface area contributed by atoms with E-state index in [-0.39, 0.29) is 17.7 Å². The highest BCUT2D eigenvalue weighted by Crippen LogP contribution is 2.25. The lowest BCUT2D eigenvalue weighted by molar-refractivity contribution is -0.143. The molecule has 2 unspecified atom stereocenters. The van der Waals surface area contributed by atoms with Gasteiger partial charge in [0.15, 0.2) is 0 Å². The second-order valence-corrected chi connectivity index (χ2v) is 11.4. The van der Waals surface area contributed by atoms with E-state index < -0.39 is 23.8 Å². The van der Waals surface area contributed by atoms with Crippen molar-refractivity contribution in [1.29, 1.82) is 0 Å². The van der Waals surface area contributed by atoms with Crippen molar-refractivity contribution in [3.8, 4) is 0 Å². The van der Waals surface area contributed by atoms with Crippen LogP contribution >= 0.6 is 0 Å². The number of rotatable bonds is 13. The summed E-state index contributed by atoms with van der Waals surface area (Å²) in [6.07, 6.45) is 2.23. The number of nitrogens with one attached hydrogen (secondary N) is 2. The number of aryl methyl sites for hydroxylation is 1. The minimum atomic E-state index is -0.839. The molecule has 0 heterocycles. The lowest BCUT2D eigenvalue weighted by Crippen LogP contribution is -2.53. The summed E-state index contributed by atoms with van der Waals surface area (Å²) in [6, 6.07) is 15.9. The van der Waals surface area contributed by atoms with Gasteiger partial charge in [-0.2, -0.15) is 0 Å². The van der Waals surface area contributed by atoms with E-state index in [4.69, 9.17) is 4.74 Å². The molecule has 0 aliphatic heterocycles. The van der Waals surface area contributed by atoms with Gasteiger partial charge < -0.3 is 20.3 Å². The lowest BCUT2D eigenvalue weighted by Gasteiger charge is -2.35. The topological polar surface area (TPSA) is 87.7 Å². The molecule has 214 valence electrons. The quantitative estimate of drug-likeness (QED) is 0.320. The van der Waals surface area contributed by atoms with E-state index in [1.165, 1.54) is 0 Å². The number of amides is 3. The highest BCUT2D eigenvalue weighted by Gasteiger charge is 2.36. The van der Waals surface area contributed by atoms with Crippen molar-refractivity contribution in [2.45, 2.75) is 98.4 Å². The second kappa shape index (κ2) is 15.3. The van der Waals surface area contributed by atoms with Crippen molar-refractivity contribution < 1.29 is 19.1 Å². The van der Waals surface area contributed by atoms with Gasteiger partial charge in [0.1, 0.15) is 17.7 Å². The maximum atomic E-state index is 14.2.